The zero-order valence-corrected chi connectivity index (χ0v) is 12.8. The number of aromatic nitrogens is 1. The van der Waals surface area contributed by atoms with Crippen molar-refractivity contribution in [3.8, 4) is 0 Å². The summed E-state index contributed by atoms with van der Waals surface area (Å²) in [6.45, 7) is 9.39. The Morgan fingerprint density at radius 1 is 1.42 bits per heavy atom. The van der Waals surface area contributed by atoms with E-state index in [-0.39, 0.29) is 17.2 Å². The Morgan fingerprint density at radius 2 is 2.05 bits per heavy atom. The quantitative estimate of drug-likeness (QED) is 0.855. The number of amides is 1. The fourth-order valence-corrected chi connectivity index (χ4v) is 2.19. The normalized spacial score (nSPS) is 13.4. The summed E-state index contributed by atoms with van der Waals surface area (Å²) in [6, 6.07) is 4.09. The number of hydrogen-bond donors (Lipinski definition) is 2. The van der Waals surface area contributed by atoms with Crippen LogP contribution < -0.4 is 11.1 Å². The average molecular weight is 265 g/mol. The highest BCUT2D eigenvalue weighted by molar-refractivity contribution is 5.78. The monoisotopic (exact) mass is 265 g/mol. The SMILES string of the molecule is Cc1ccc(CNC(=O)C(CN)CC(C)(C)C)n1C. The molecule has 19 heavy (non-hydrogen) atoms. The van der Waals surface area contributed by atoms with E-state index in [1.165, 1.54) is 5.69 Å². The molecule has 0 aliphatic rings. The summed E-state index contributed by atoms with van der Waals surface area (Å²) in [5.41, 5.74) is 8.13. The molecule has 0 aromatic carbocycles. The lowest BCUT2D eigenvalue weighted by atomic mass is 9.84. The summed E-state index contributed by atoms with van der Waals surface area (Å²) in [4.78, 5) is 12.1. The van der Waals surface area contributed by atoms with Crippen molar-refractivity contribution in [3.05, 3.63) is 23.5 Å². The molecule has 3 N–H and O–H groups in total. The largest absolute Gasteiger partial charge is 0.350 e. The van der Waals surface area contributed by atoms with Crippen LogP contribution in [0, 0.1) is 18.3 Å². The molecule has 108 valence electrons. The molecule has 0 saturated carbocycles. The van der Waals surface area contributed by atoms with Crippen LogP contribution in [0.15, 0.2) is 12.1 Å². The number of carbonyl (C=O) groups is 1. The fourth-order valence-electron chi connectivity index (χ4n) is 2.19. The number of aryl methyl sites for hydroxylation is 1. The van der Waals surface area contributed by atoms with Crippen LogP contribution in [0.4, 0.5) is 0 Å². The lowest BCUT2D eigenvalue weighted by Gasteiger charge is -2.24. The first kappa shape index (κ1) is 15.8. The minimum Gasteiger partial charge on any atom is -0.350 e. The van der Waals surface area contributed by atoms with Crippen LogP contribution in [-0.2, 0) is 18.4 Å². The van der Waals surface area contributed by atoms with Crippen molar-refractivity contribution >= 4 is 5.91 Å². The molecule has 1 amide bonds. The van der Waals surface area contributed by atoms with Crippen LogP contribution in [0.1, 0.15) is 38.6 Å². The highest BCUT2D eigenvalue weighted by Gasteiger charge is 2.23. The Bertz CT molecular complexity index is 429. The second-order valence-electron chi connectivity index (χ2n) is 6.44. The van der Waals surface area contributed by atoms with Gasteiger partial charge >= 0.3 is 0 Å². The predicted molar refractivity (Wildman–Crippen MR) is 78.6 cm³/mol. The van der Waals surface area contributed by atoms with Gasteiger partial charge in [-0.3, -0.25) is 4.79 Å². The van der Waals surface area contributed by atoms with Crippen molar-refractivity contribution in [3.63, 3.8) is 0 Å². The Balaban J connectivity index is 2.56. The van der Waals surface area contributed by atoms with E-state index in [0.717, 1.165) is 12.1 Å². The van der Waals surface area contributed by atoms with Crippen LogP contribution in [0.2, 0.25) is 0 Å². The lowest BCUT2D eigenvalue weighted by molar-refractivity contribution is -0.125. The third-order valence-electron chi connectivity index (χ3n) is 3.43. The van der Waals surface area contributed by atoms with Gasteiger partial charge in [0.2, 0.25) is 5.91 Å². The van der Waals surface area contributed by atoms with E-state index < -0.39 is 0 Å². The highest BCUT2D eigenvalue weighted by atomic mass is 16.1. The minimum atomic E-state index is -0.110. The first-order valence-electron chi connectivity index (χ1n) is 6.83. The molecule has 0 saturated heterocycles. The van der Waals surface area contributed by atoms with Gasteiger partial charge in [-0.25, -0.2) is 0 Å². The smallest absolute Gasteiger partial charge is 0.224 e. The van der Waals surface area contributed by atoms with E-state index in [1.54, 1.807) is 0 Å². The first-order valence-corrected chi connectivity index (χ1v) is 6.83. The molecule has 1 unspecified atom stereocenters. The third kappa shape index (κ3) is 4.71. The molecular weight excluding hydrogens is 238 g/mol. The summed E-state index contributed by atoms with van der Waals surface area (Å²) >= 11 is 0. The molecule has 0 radical (unpaired) electrons. The Hall–Kier alpha value is -1.29. The van der Waals surface area contributed by atoms with Gasteiger partial charge in [0.05, 0.1) is 12.5 Å². The van der Waals surface area contributed by atoms with Crippen LogP contribution >= 0.6 is 0 Å². The van der Waals surface area contributed by atoms with Gasteiger partial charge in [-0.1, -0.05) is 20.8 Å². The molecule has 4 heteroatoms. The maximum Gasteiger partial charge on any atom is 0.224 e. The third-order valence-corrected chi connectivity index (χ3v) is 3.43. The van der Waals surface area contributed by atoms with Gasteiger partial charge in [-0.2, -0.15) is 0 Å². The molecule has 0 aliphatic carbocycles. The molecule has 4 nitrogen and oxygen atoms in total. The van der Waals surface area contributed by atoms with Crippen molar-refractivity contribution in [1.29, 1.82) is 0 Å². The topological polar surface area (TPSA) is 60.1 Å². The first-order chi connectivity index (χ1) is 8.74. The molecule has 0 aliphatic heterocycles. The van der Waals surface area contributed by atoms with Crippen molar-refractivity contribution in [2.45, 2.75) is 40.7 Å². The minimum absolute atomic E-state index is 0.0521. The number of nitrogens with two attached hydrogens (primary N) is 1. The van der Waals surface area contributed by atoms with E-state index in [2.05, 4.69) is 36.7 Å². The molecular formula is C15H27N3O. The second-order valence-corrected chi connectivity index (χ2v) is 6.44. The standard InChI is InChI=1S/C15H27N3O/c1-11-6-7-13(18(11)5)10-17-14(19)12(9-16)8-15(2,3)4/h6-7,12H,8-10,16H2,1-5H3,(H,17,19). The molecule has 1 rings (SSSR count). The van der Waals surface area contributed by atoms with Crippen LogP contribution in [-0.4, -0.2) is 17.0 Å². The van der Waals surface area contributed by atoms with Crippen molar-refractivity contribution in [2.75, 3.05) is 6.54 Å². The number of rotatable bonds is 5. The molecule has 1 heterocycles. The Labute approximate surface area is 116 Å². The molecule has 1 aromatic heterocycles. The van der Waals surface area contributed by atoms with Gasteiger partial charge in [0.15, 0.2) is 0 Å². The van der Waals surface area contributed by atoms with Gasteiger partial charge in [0, 0.05) is 25.0 Å². The Morgan fingerprint density at radius 3 is 2.47 bits per heavy atom. The molecule has 0 bridgehead atoms. The van der Waals surface area contributed by atoms with E-state index >= 15 is 0 Å². The van der Waals surface area contributed by atoms with Gasteiger partial charge in [0.1, 0.15) is 0 Å². The number of hydrogen-bond acceptors (Lipinski definition) is 2. The van der Waals surface area contributed by atoms with E-state index in [9.17, 15) is 4.79 Å². The second kappa shape index (κ2) is 6.24. The molecule has 0 fully saturated rings. The fraction of sp³-hybridized carbons (Fsp3) is 0.667. The van der Waals surface area contributed by atoms with E-state index in [4.69, 9.17) is 5.73 Å². The van der Waals surface area contributed by atoms with Crippen LogP contribution in [0.25, 0.3) is 0 Å². The van der Waals surface area contributed by atoms with Crippen LogP contribution in [0.3, 0.4) is 0 Å². The number of carbonyl (C=O) groups excluding carboxylic acids is 1. The Kier molecular flexibility index (Phi) is 5.18. The van der Waals surface area contributed by atoms with Gasteiger partial charge in [-0.05, 0) is 30.9 Å². The van der Waals surface area contributed by atoms with E-state index in [0.29, 0.717) is 13.1 Å². The van der Waals surface area contributed by atoms with Crippen LogP contribution in [0.5, 0.6) is 0 Å². The molecule has 1 aromatic rings. The summed E-state index contributed by atoms with van der Waals surface area (Å²) < 4.78 is 2.08. The predicted octanol–water partition coefficient (Wildman–Crippen LogP) is 1.96. The summed E-state index contributed by atoms with van der Waals surface area (Å²) in [5.74, 6) is -0.0577. The van der Waals surface area contributed by atoms with E-state index in [1.807, 2.05) is 20.0 Å². The maximum atomic E-state index is 12.1. The van der Waals surface area contributed by atoms with Gasteiger partial charge < -0.3 is 15.6 Å². The van der Waals surface area contributed by atoms with Crippen molar-refractivity contribution < 1.29 is 4.79 Å². The zero-order valence-electron chi connectivity index (χ0n) is 12.8. The van der Waals surface area contributed by atoms with Gasteiger partial charge in [0.25, 0.3) is 0 Å². The number of nitrogens with one attached hydrogen (secondary N) is 1. The summed E-state index contributed by atoms with van der Waals surface area (Å²) in [7, 11) is 2.01. The summed E-state index contributed by atoms with van der Waals surface area (Å²) in [6.07, 6.45) is 0.807. The molecule has 1 atom stereocenters. The average Bonchev–Trinajstić information content (AvgIpc) is 2.63. The van der Waals surface area contributed by atoms with Gasteiger partial charge in [-0.15, -0.1) is 0 Å². The molecule has 0 spiro atoms. The number of nitrogens with zero attached hydrogens (tertiary/aromatic N) is 1. The highest BCUT2D eigenvalue weighted by Crippen LogP contribution is 2.24. The van der Waals surface area contributed by atoms with Crippen molar-refractivity contribution in [2.24, 2.45) is 24.1 Å². The van der Waals surface area contributed by atoms with Crippen molar-refractivity contribution in [1.82, 2.24) is 9.88 Å². The maximum absolute atomic E-state index is 12.1. The lowest BCUT2D eigenvalue weighted by Crippen LogP contribution is -2.37. The zero-order chi connectivity index (χ0) is 14.6. The summed E-state index contributed by atoms with van der Waals surface area (Å²) in [5, 5.41) is 2.99.